The van der Waals surface area contributed by atoms with Crippen molar-refractivity contribution < 1.29 is 9.18 Å². The number of hydrogen-bond donors (Lipinski definition) is 0. The minimum atomic E-state index is -0.224. The van der Waals surface area contributed by atoms with Crippen molar-refractivity contribution in [3.8, 4) is 0 Å². The first kappa shape index (κ1) is 15.7. The van der Waals surface area contributed by atoms with Crippen LogP contribution in [0.25, 0.3) is 0 Å². The summed E-state index contributed by atoms with van der Waals surface area (Å²) in [7, 11) is 0. The summed E-state index contributed by atoms with van der Waals surface area (Å²) in [6, 6.07) is 8.74. The lowest BCUT2D eigenvalue weighted by molar-refractivity contribution is -0.132. The van der Waals surface area contributed by atoms with E-state index in [1.165, 1.54) is 12.1 Å². The zero-order chi connectivity index (χ0) is 16.4. The van der Waals surface area contributed by atoms with Crippen LogP contribution >= 0.6 is 0 Å². The van der Waals surface area contributed by atoms with Crippen molar-refractivity contribution in [2.45, 2.75) is 45.7 Å². The number of aryl methyl sites for hydroxylation is 2. The summed E-state index contributed by atoms with van der Waals surface area (Å²) in [6.07, 6.45) is 2.80. The van der Waals surface area contributed by atoms with Gasteiger partial charge in [0.15, 0.2) is 0 Å². The van der Waals surface area contributed by atoms with Gasteiger partial charge in [-0.05, 0) is 56.9 Å². The molecule has 0 spiro atoms. The lowest BCUT2D eigenvalue weighted by atomic mass is 10.0. The standard InChI is InChI=1S/C18H22FN3O/c1-13-10-14(2)22(20-13)12-18(23)21-9-3-4-17(21)11-15-5-7-16(19)8-6-15/h5-8,10,17H,3-4,9,11-12H2,1-2H3. The van der Waals surface area contributed by atoms with Gasteiger partial charge < -0.3 is 4.90 Å². The molecule has 122 valence electrons. The first-order valence-corrected chi connectivity index (χ1v) is 8.08. The molecule has 0 bridgehead atoms. The number of nitrogens with zero attached hydrogens (tertiary/aromatic N) is 3. The quantitative estimate of drug-likeness (QED) is 0.870. The van der Waals surface area contributed by atoms with E-state index in [0.29, 0.717) is 6.54 Å². The van der Waals surface area contributed by atoms with Gasteiger partial charge in [-0.1, -0.05) is 12.1 Å². The third-order valence-electron chi connectivity index (χ3n) is 4.47. The number of carbonyl (C=O) groups is 1. The van der Waals surface area contributed by atoms with Crippen molar-refractivity contribution >= 4 is 5.91 Å². The van der Waals surface area contributed by atoms with E-state index in [0.717, 1.165) is 42.8 Å². The second-order valence-electron chi connectivity index (χ2n) is 6.30. The summed E-state index contributed by atoms with van der Waals surface area (Å²) in [5.41, 5.74) is 3.01. The number of rotatable bonds is 4. The average molecular weight is 315 g/mol. The summed E-state index contributed by atoms with van der Waals surface area (Å²) in [6.45, 7) is 4.98. The van der Waals surface area contributed by atoms with E-state index in [1.807, 2.05) is 24.8 Å². The molecule has 2 heterocycles. The topological polar surface area (TPSA) is 38.1 Å². The van der Waals surface area contributed by atoms with Crippen molar-refractivity contribution in [3.63, 3.8) is 0 Å². The van der Waals surface area contributed by atoms with E-state index in [-0.39, 0.29) is 17.8 Å². The van der Waals surface area contributed by atoms with E-state index >= 15 is 0 Å². The molecule has 23 heavy (non-hydrogen) atoms. The Labute approximate surface area is 135 Å². The van der Waals surface area contributed by atoms with Crippen molar-refractivity contribution in [1.82, 2.24) is 14.7 Å². The first-order valence-electron chi connectivity index (χ1n) is 8.08. The highest BCUT2D eigenvalue weighted by Crippen LogP contribution is 2.22. The summed E-state index contributed by atoms with van der Waals surface area (Å²) in [4.78, 5) is 14.6. The fourth-order valence-corrected chi connectivity index (χ4v) is 3.32. The van der Waals surface area contributed by atoms with E-state index in [2.05, 4.69) is 5.10 Å². The molecule has 0 N–H and O–H groups in total. The molecule has 4 nitrogen and oxygen atoms in total. The Balaban J connectivity index is 1.67. The summed E-state index contributed by atoms with van der Waals surface area (Å²) in [5.74, 6) is -0.113. The molecule has 1 aromatic carbocycles. The van der Waals surface area contributed by atoms with Crippen LogP contribution < -0.4 is 0 Å². The normalized spacial score (nSPS) is 17.7. The molecule has 1 amide bonds. The van der Waals surface area contributed by atoms with Gasteiger partial charge in [0.1, 0.15) is 12.4 Å². The summed E-state index contributed by atoms with van der Waals surface area (Å²) < 4.78 is 14.8. The van der Waals surface area contributed by atoms with Crippen molar-refractivity contribution in [1.29, 1.82) is 0 Å². The van der Waals surface area contributed by atoms with Gasteiger partial charge in [-0.3, -0.25) is 9.48 Å². The number of carbonyl (C=O) groups excluding carboxylic acids is 1. The molecule has 0 saturated carbocycles. The Morgan fingerprint density at radius 3 is 2.70 bits per heavy atom. The van der Waals surface area contributed by atoms with Gasteiger partial charge in [0.2, 0.25) is 5.91 Å². The fraction of sp³-hybridized carbons (Fsp3) is 0.444. The van der Waals surface area contributed by atoms with Gasteiger partial charge in [0.05, 0.1) is 5.69 Å². The molecule has 5 heteroatoms. The summed E-state index contributed by atoms with van der Waals surface area (Å²) in [5, 5.41) is 4.37. The van der Waals surface area contributed by atoms with E-state index in [9.17, 15) is 9.18 Å². The minimum absolute atomic E-state index is 0.112. The second kappa shape index (κ2) is 6.52. The Morgan fingerprint density at radius 2 is 2.04 bits per heavy atom. The van der Waals surface area contributed by atoms with Gasteiger partial charge >= 0.3 is 0 Å². The molecule has 1 aliphatic heterocycles. The smallest absolute Gasteiger partial charge is 0.244 e. The molecule has 1 saturated heterocycles. The molecule has 1 unspecified atom stereocenters. The lowest BCUT2D eigenvalue weighted by Gasteiger charge is -2.25. The van der Waals surface area contributed by atoms with Crippen molar-refractivity contribution in [3.05, 3.63) is 53.1 Å². The Bertz CT molecular complexity index is 693. The van der Waals surface area contributed by atoms with Gasteiger partial charge in [0, 0.05) is 18.3 Å². The van der Waals surface area contributed by atoms with E-state index in [4.69, 9.17) is 0 Å². The maximum Gasteiger partial charge on any atom is 0.244 e. The largest absolute Gasteiger partial charge is 0.338 e. The monoisotopic (exact) mass is 315 g/mol. The zero-order valence-electron chi connectivity index (χ0n) is 13.6. The third-order valence-corrected chi connectivity index (χ3v) is 4.47. The highest BCUT2D eigenvalue weighted by atomic mass is 19.1. The van der Waals surface area contributed by atoms with Crippen LogP contribution in [-0.4, -0.2) is 33.2 Å². The van der Waals surface area contributed by atoms with E-state index < -0.39 is 0 Å². The highest BCUT2D eigenvalue weighted by Gasteiger charge is 2.29. The molecule has 0 aliphatic carbocycles. The van der Waals surface area contributed by atoms with Crippen molar-refractivity contribution in [2.24, 2.45) is 0 Å². The van der Waals surface area contributed by atoms with Crippen LogP contribution in [-0.2, 0) is 17.8 Å². The van der Waals surface area contributed by atoms with Crippen LogP contribution in [0.15, 0.2) is 30.3 Å². The average Bonchev–Trinajstić information content (AvgIpc) is 3.08. The molecular formula is C18H22FN3O. The minimum Gasteiger partial charge on any atom is -0.338 e. The van der Waals surface area contributed by atoms with Crippen LogP contribution in [0.2, 0.25) is 0 Å². The molecule has 1 atom stereocenters. The Morgan fingerprint density at radius 1 is 1.30 bits per heavy atom. The molecule has 1 fully saturated rings. The van der Waals surface area contributed by atoms with E-state index in [1.54, 1.807) is 16.8 Å². The number of halogens is 1. The number of hydrogen-bond acceptors (Lipinski definition) is 2. The molecule has 2 aromatic rings. The Hall–Kier alpha value is -2.17. The summed E-state index contributed by atoms with van der Waals surface area (Å²) >= 11 is 0. The number of likely N-dealkylation sites (tertiary alicyclic amines) is 1. The first-order chi connectivity index (χ1) is 11.0. The molecule has 1 aromatic heterocycles. The fourth-order valence-electron chi connectivity index (χ4n) is 3.32. The number of amides is 1. The zero-order valence-corrected chi connectivity index (χ0v) is 13.6. The van der Waals surface area contributed by atoms with Crippen LogP contribution in [0, 0.1) is 19.7 Å². The Kier molecular flexibility index (Phi) is 4.46. The lowest BCUT2D eigenvalue weighted by Crippen LogP contribution is -2.39. The maximum atomic E-state index is 13.0. The van der Waals surface area contributed by atoms with Crippen LogP contribution in [0.5, 0.6) is 0 Å². The highest BCUT2D eigenvalue weighted by molar-refractivity contribution is 5.76. The SMILES string of the molecule is Cc1cc(C)n(CC(=O)N2CCCC2Cc2ccc(F)cc2)n1. The van der Waals surface area contributed by atoms with Crippen LogP contribution in [0.3, 0.4) is 0 Å². The van der Waals surface area contributed by atoms with Gasteiger partial charge in [-0.2, -0.15) is 5.10 Å². The predicted molar refractivity (Wildman–Crippen MR) is 86.5 cm³/mol. The second-order valence-corrected chi connectivity index (χ2v) is 6.30. The third kappa shape index (κ3) is 3.60. The molecule has 1 aliphatic rings. The van der Waals surface area contributed by atoms with Crippen LogP contribution in [0.1, 0.15) is 29.8 Å². The van der Waals surface area contributed by atoms with Gasteiger partial charge in [-0.15, -0.1) is 0 Å². The molecular weight excluding hydrogens is 293 g/mol. The molecule has 3 rings (SSSR count). The van der Waals surface area contributed by atoms with Gasteiger partial charge in [0.25, 0.3) is 0 Å². The van der Waals surface area contributed by atoms with Gasteiger partial charge in [-0.25, -0.2) is 4.39 Å². The number of benzene rings is 1. The predicted octanol–water partition coefficient (Wildman–Crippen LogP) is 2.87. The molecule has 0 radical (unpaired) electrons. The maximum absolute atomic E-state index is 13.0. The van der Waals surface area contributed by atoms with Crippen LogP contribution in [0.4, 0.5) is 4.39 Å². The number of aromatic nitrogens is 2. The van der Waals surface area contributed by atoms with Crippen molar-refractivity contribution in [2.75, 3.05) is 6.54 Å².